The molecule has 2 unspecified atom stereocenters. The van der Waals surface area contributed by atoms with E-state index < -0.39 is 6.10 Å². The van der Waals surface area contributed by atoms with Crippen LogP contribution < -0.4 is 10.1 Å². The van der Waals surface area contributed by atoms with Crippen LogP contribution in [0.4, 0.5) is 5.69 Å². The summed E-state index contributed by atoms with van der Waals surface area (Å²) in [4.78, 5) is 12.4. The number of nitriles is 1. The van der Waals surface area contributed by atoms with Gasteiger partial charge in [-0.2, -0.15) is 5.26 Å². The molecular formula is C20H22N2O2. The van der Waals surface area contributed by atoms with Gasteiger partial charge in [-0.15, -0.1) is 0 Å². The molecule has 2 atom stereocenters. The molecule has 0 aliphatic rings. The van der Waals surface area contributed by atoms with Gasteiger partial charge in [-0.1, -0.05) is 44.2 Å². The summed E-state index contributed by atoms with van der Waals surface area (Å²) in [7, 11) is 0. The quantitative estimate of drug-likeness (QED) is 0.853. The largest absolute Gasteiger partial charge is 0.481 e. The molecule has 4 nitrogen and oxygen atoms in total. The van der Waals surface area contributed by atoms with Crippen LogP contribution in [0, 0.1) is 11.3 Å². The Kier molecular flexibility index (Phi) is 5.97. The zero-order chi connectivity index (χ0) is 17.5. The fourth-order valence-corrected chi connectivity index (χ4v) is 2.38. The molecule has 0 bridgehead atoms. The number of ether oxygens (including phenoxy) is 1. The van der Waals surface area contributed by atoms with Crippen molar-refractivity contribution in [3.63, 3.8) is 0 Å². The van der Waals surface area contributed by atoms with Gasteiger partial charge in [0, 0.05) is 0 Å². The van der Waals surface area contributed by atoms with Crippen molar-refractivity contribution >= 4 is 11.6 Å². The van der Waals surface area contributed by atoms with Gasteiger partial charge in [0.15, 0.2) is 6.10 Å². The van der Waals surface area contributed by atoms with Crippen molar-refractivity contribution in [2.75, 3.05) is 5.32 Å². The second kappa shape index (κ2) is 8.16. The number of para-hydroxylation sites is 2. The molecular weight excluding hydrogens is 300 g/mol. The van der Waals surface area contributed by atoms with Gasteiger partial charge in [0.1, 0.15) is 11.8 Å². The van der Waals surface area contributed by atoms with Crippen LogP contribution in [0.1, 0.15) is 44.2 Å². The highest BCUT2D eigenvalue weighted by Crippen LogP contribution is 2.29. The average molecular weight is 322 g/mol. The minimum Gasteiger partial charge on any atom is -0.481 e. The smallest absolute Gasteiger partial charge is 0.265 e. The van der Waals surface area contributed by atoms with Crippen LogP contribution in [0.2, 0.25) is 0 Å². The van der Waals surface area contributed by atoms with Crippen molar-refractivity contribution in [1.82, 2.24) is 0 Å². The molecule has 2 aromatic carbocycles. The third-order valence-corrected chi connectivity index (χ3v) is 4.04. The van der Waals surface area contributed by atoms with E-state index in [9.17, 15) is 4.79 Å². The highest BCUT2D eigenvalue weighted by Gasteiger charge is 2.18. The third kappa shape index (κ3) is 4.14. The standard InChI is InChI=1S/C20H22N2O2/c1-4-14(2)17-10-6-8-12-19(17)24-15(3)20(23)22-18-11-7-5-9-16(18)13-21/h5-12,14-15H,4H2,1-3H3,(H,22,23). The first kappa shape index (κ1) is 17.6. The van der Waals surface area contributed by atoms with Gasteiger partial charge in [0.05, 0.1) is 11.3 Å². The third-order valence-electron chi connectivity index (χ3n) is 4.04. The molecule has 2 rings (SSSR count). The van der Waals surface area contributed by atoms with Gasteiger partial charge in [-0.3, -0.25) is 4.79 Å². The minimum atomic E-state index is -0.665. The molecule has 4 heteroatoms. The van der Waals surface area contributed by atoms with Crippen LogP contribution in [0.15, 0.2) is 48.5 Å². The first-order valence-corrected chi connectivity index (χ1v) is 8.12. The maximum absolute atomic E-state index is 12.4. The summed E-state index contributed by atoms with van der Waals surface area (Å²) in [6, 6.07) is 16.8. The predicted octanol–water partition coefficient (Wildman–Crippen LogP) is 4.48. The summed E-state index contributed by atoms with van der Waals surface area (Å²) in [5, 5.41) is 11.9. The SMILES string of the molecule is CCC(C)c1ccccc1OC(C)C(=O)Nc1ccccc1C#N. The number of amides is 1. The number of carbonyl (C=O) groups is 1. The Balaban J connectivity index is 2.11. The molecule has 0 saturated heterocycles. The van der Waals surface area contributed by atoms with E-state index in [0.717, 1.165) is 17.7 Å². The lowest BCUT2D eigenvalue weighted by molar-refractivity contribution is -0.122. The molecule has 0 aliphatic carbocycles. The molecule has 2 aromatic rings. The van der Waals surface area contributed by atoms with Crippen LogP contribution in [0.25, 0.3) is 0 Å². The highest BCUT2D eigenvalue weighted by atomic mass is 16.5. The van der Waals surface area contributed by atoms with Crippen LogP contribution in [0.5, 0.6) is 5.75 Å². The van der Waals surface area contributed by atoms with Gasteiger partial charge >= 0.3 is 0 Å². The maximum atomic E-state index is 12.4. The van der Waals surface area contributed by atoms with Crippen molar-refractivity contribution in [2.45, 2.75) is 39.2 Å². The minimum absolute atomic E-state index is 0.281. The van der Waals surface area contributed by atoms with E-state index in [1.807, 2.05) is 24.3 Å². The molecule has 0 saturated carbocycles. The normalized spacial score (nSPS) is 12.8. The number of nitrogens with zero attached hydrogens (tertiary/aromatic N) is 1. The maximum Gasteiger partial charge on any atom is 0.265 e. The number of rotatable bonds is 6. The molecule has 0 spiro atoms. The summed E-state index contributed by atoms with van der Waals surface area (Å²) in [6.07, 6.45) is 0.332. The highest BCUT2D eigenvalue weighted by molar-refractivity contribution is 5.95. The van der Waals surface area contributed by atoms with Crippen LogP contribution >= 0.6 is 0 Å². The first-order valence-electron chi connectivity index (χ1n) is 8.12. The van der Waals surface area contributed by atoms with E-state index in [0.29, 0.717) is 17.2 Å². The summed E-state index contributed by atoms with van der Waals surface area (Å²) in [6.45, 7) is 5.96. The number of carbonyl (C=O) groups excluding carboxylic acids is 1. The number of hydrogen-bond donors (Lipinski definition) is 1. The summed E-state index contributed by atoms with van der Waals surface area (Å²) >= 11 is 0. The van der Waals surface area contributed by atoms with Gasteiger partial charge in [0.25, 0.3) is 5.91 Å². The van der Waals surface area contributed by atoms with Crippen molar-refractivity contribution in [2.24, 2.45) is 0 Å². The molecule has 0 fully saturated rings. The van der Waals surface area contributed by atoms with E-state index in [4.69, 9.17) is 10.00 Å². The molecule has 24 heavy (non-hydrogen) atoms. The Bertz CT molecular complexity index is 749. The van der Waals surface area contributed by atoms with Crippen LogP contribution in [-0.4, -0.2) is 12.0 Å². The van der Waals surface area contributed by atoms with E-state index in [2.05, 4.69) is 25.2 Å². The molecule has 1 N–H and O–H groups in total. The molecule has 0 aliphatic heterocycles. The van der Waals surface area contributed by atoms with E-state index in [1.54, 1.807) is 31.2 Å². The number of benzene rings is 2. The summed E-state index contributed by atoms with van der Waals surface area (Å²) < 4.78 is 5.88. The number of anilines is 1. The Labute approximate surface area is 143 Å². The molecule has 0 heterocycles. The van der Waals surface area contributed by atoms with Crippen LogP contribution in [0.3, 0.4) is 0 Å². The van der Waals surface area contributed by atoms with Gasteiger partial charge in [-0.05, 0) is 43.0 Å². The van der Waals surface area contributed by atoms with Crippen molar-refractivity contribution in [1.29, 1.82) is 5.26 Å². The lowest BCUT2D eigenvalue weighted by Gasteiger charge is -2.19. The van der Waals surface area contributed by atoms with Crippen molar-refractivity contribution in [3.05, 3.63) is 59.7 Å². The Morgan fingerprint density at radius 2 is 1.83 bits per heavy atom. The van der Waals surface area contributed by atoms with Gasteiger partial charge < -0.3 is 10.1 Å². The second-order valence-electron chi connectivity index (χ2n) is 5.75. The van der Waals surface area contributed by atoms with Gasteiger partial charge in [-0.25, -0.2) is 0 Å². The van der Waals surface area contributed by atoms with E-state index >= 15 is 0 Å². The lowest BCUT2D eigenvalue weighted by atomic mass is 9.98. The number of hydrogen-bond acceptors (Lipinski definition) is 3. The molecule has 0 aromatic heterocycles. The molecule has 1 amide bonds. The van der Waals surface area contributed by atoms with Crippen molar-refractivity contribution < 1.29 is 9.53 Å². The fourth-order valence-electron chi connectivity index (χ4n) is 2.38. The topological polar surface area (TPSA) is 62.1 Å². The Morgan fingerprint density at radius 3 is 2.54 bits per heavy atom. The van der Waals surface area contributed by atoms with Gasteiger partial charge in [0.2, 0.25) is 0 Å². The fraction of sp³-hybridized carbons (Fsp3) is 0.300. The first-order chi connectivity index (χ1) is 11.6. The monoisotopic (exact) mass is 322 g/mol. The number of nitrogens with one attached hydrogen (secondary N) is 1. The average Bonchev–Trinajstić information content (AvgIpc) is 2.61. The Hall–Kier alpha value is -2.80. The summed E-state index contributed by atoms with van der Waals surface area (Å²) in [5.41, 5.74) is 2.02. The lowest BCUT2D eigenvalue weighted by Crippen LogP contribution is -2.30. The van der Waals surface area contributed by atoms with E-state index in [-0.39, 0.29) is 5.91 Å². The van der Waals surface area contributed by atoms with E-state index in [1.165, 1.54) is 0 Å². The zero-order valence-corrected chi connectivity index (χ0v) is 14.2. The predicted molar refractivity (Wildman–Crippen MR) is 95.0 cm³/mol. The van der Waals surface area contributed by atoms with Crippen molar-refractivity contribution in [3.8, 4) is 11.8 Å². The Morgan fingerprint density at radius 1 is 1.17 bits per heavy atom. The molecule has 124 valence electrons. The van der Waals surface area contributed by atoms with Crippen LogP contribution in [-0.2, 0) is 4.79 Å². The zero-order valence-electron chi connectivity index (χ0n) is 14.2. The summed E-state index contributed by atoms with van der Waals surface area (Å²) in [5.74, 6) is 0.801. The second-order valence-corrected chi connectivity index (χ2v) is 5.75. The molecule has 0 radical (unpaired) electrons.